The van der Waals surface area contributed by atoms with Crippen LogP contribution >= 0.6 is 0 Å². The lowest BCUT2D eigenvalue weighted by Crippen LogP contribution is -2.26. The van der Waals surface area contributed by atoms with Gasteiger partial charge in [0.15, 0.2) is 0 Å². The minimum absolute atomic E-state index is 0.0891. The zero-order valence-corrected chi connectivity index (χ0v) is 5.85. The van der Waals surface area contributed by atoms with Crippen LogP contribution in [-0.2, 0) is 4.79 Å². The van der Waals surface area contributed by atoms with Gasteiger partial charge in [0.2, 0.25) is 0 Å². The van der Waals surface area contributed by atoms with Crippen LogP contribution in [0.2, 0.25) is 0 Å². The van der Waals surface area contributed by atoms with Crippen LogP contribution in [0.1, 0.15) is 25.7 Å². The van der Waals surface area contributed by atoms with Gasteiger partial charge in [-0.25, -0.2) is 4.39 Å². The van der Waals surface area contributed by atoms with E-state index in [0.717, 1.165) is 12.8 Å². The summed E-state index contributed by atoms with van der Waals surface area (Å²) in [6, 6.07) is 0. The molecule has 2 saturated carbocycles. The first-order valence-electron chi connectivity index (χ1n) is 3.93. The first-order valence-corrected chi connectivity index (χ1v) is 3.93. The predicted molar refractivity (Wildman–Crippen MR) is 35.4 cm³/mol. The molecule has 0 radical (unpaired) electrons. The Kier molecular flexibility index (Phi) is 1.29. The maximum Gasteiger partial charge on any atom is 0.133 e. The molecule has 2 aliphatic carbocycles. The van der Waals surface area contributed by atoms with Gasteiger partial charge in [-0.2, -0.15) is 0 Å². The topological polar surface area (TPSA) is 17.1 Å². The van der Waals surface area contributed by atoms with Gasteiger partial charge in [-0.3, -0.25) is 4.79 Å². The van der Waals surface area contributed by atoms with Crippen LogP contribution in [0.4, 0.5) is 4.39 Å². The molecule has 0 unspecified atom stereocenters. The van der Waals surface area contributed by atoms with Crippen molar-refractivity contribution in [2.45, 2.75) is 31.9 Å². The van der Waals surface area contributed by atoms with E-state index in [9.17, 15) is 9.18 Å². The third-order valence-corrected chi connectivity index (χ3v) is 2.79. The van der Waals surface area contributed by atoms with E-state index >= 15 is 0 Å². The lowest BCUT2D eigenvalue weighted by molar-refractivity contribution is -0.123. The number of ketones is 1. The number of rotatable bonds is 0. The van der Waals surface area contributed by atoms with Crippen LogP contribution in [-0.4, -0.2) is 12.0 Å². The zero-order valence-electron chi connectivity index (χ0n) is 5.85. The van der Waals surface area contributed by atoms with Gasteiger partial charge in [-0.15, -0.1) is 0 Å². The quantitative estimate of drug-likeness (QED) is 0.503. The molecule has 0 heterocycles. The van der Waals surface area contributed by atoms with E-state index in [-0.39, 0.29) is 17.6 Å². The van der Waals surface area contributed by atoms with Gasteiger partial charge in [0, 0.05) is 12.8 Å². The molecule has 56 valence electrons. The molecule has 2 atom stereocenters. The van der Waals surface area contributed by atoms with E-state index in [1.54, 1.807) is 0 Å². The fourth-order valence-corrected chi connectivity index (χ4v) is 2.23. The third kappa shape index (κ3) is 0.780. The molecule has 2 rings (SSSR count). The normalized spacial score (nSPS) is 46.1. The molecule has 2 fully saturated rings. The van der Waals surface area contributed by atoms with Gasteiger partial charge in [-0.1, -0.05) is 0 Å². The lowest BCUT2D eigenvalue weighted by Gasteiger charge is -2.21. The minimum atomic E-state index is -0.655. The number of fused-ring (bicyclic) bond motifs is 2. The van der Waals surface area contributed by atoms with Crippen molar-refractivity contribution in [3.63, 3.8) is 0 Å². The summed E-state index contributed by atoms with van der Waals surface area (Å²) in [5.41, 5.74) is 0. The van der Waals surface area contributed by atoms with Crippen molar-refractivity contribution in [3.8, 4) is 0 Å². The fourth-order valence-electron chi connectivity index (χ4n) is 2.23. The Hall–Kier alpha value is -0.400. The number of alkyl halides is 1. The average molecular weight is 142 g/mol. The number of halogens is 1. The molecule has 2 bridgehead atoms. The molecular formula is C8H11FO. The number of carbonyl (C=O) groups is 1. The van der Waals surface area contributed by atoms with Crippen molar-refractivity contribution in [3.05, 3.63) is 0 Å². The Morgan fingerprint density at radius 2 is 1.70 bits per heavy atom. The van der Waals surface area contributed by atoms with Crippen molar-refractivity contribution < 1.29 is 9.18 Å². The molecule has 0 saturated heterocycles. The van der Waals surface area contributed by atoms with Crippen molar-refractivity contribution in [2.24, 2.45) is 11.8 Å². The van der Waals surface area contributed by atoms with Crippen LogP contribution in [0.15, 0.2) is 0 Å². The van der Waals surface area contributed by atoms with E-state index in [1.807, 2.05) is 0 Å². The van der Waals surface area contributed by atoms with Crippen LogP contribution < -0.4 is 0 Å². The van der Waals surface area contributed by atoms with Gasteiger partial charge in [-0.05, 0) is 24.7 Å². The SMILES string of the molecule is O=C1C[C@@H]2CC[C@@H](C1)C2F. The van der Waals surface area contributed by atoms with Gasteiger partial charge in [0.25, 0.3) is 0 Å². The van der Waals surface area contributed by atoms with Crippen LogP contribution in [0.3, 0.4) is 0 Å². The highest BCUT2D eigenvalue weighted by Gasteiger charge is 2.42. The van der Waals surface area contributed by atoms with E-state index in [2.05, 4.69) is 0 Å². The molecule has 2 heteroatoms. The van der Waals surface area contributed by atoms with E-state index < -0.39 is 6.17 Å². The first-order chi connectivity index (χ1) is 4.77. The number of hydrogen-bond acceptors (Lipinski definition) is 1. The Balaban J connectivity index is 2.16. The second-order valence-corrected chi connectivity index (χ2v) is 3.49. The van der Waals surface area contributed by atoms with Crippen molar-refractivity contribution >= 4 is 5.78 Å². The van der Waals surface area contributed by atoms with Crippen LogP contribution in [0.25, 0.3) is 0 Å². The Morgan fingerprint density at radius 3 is 2.20 bits per heavy atom. The lowest BCUT2D eigenvalue weighted by atomic mass is 9.86. The Labute approximate surface area is 59.6 Å². The summed E-state index contributed by atoms with van der Waals surface area (Å²) in [6.07, 6.45) is 2.25. The maximum absolute atomic E-state index is 13.1. The molecule has 0 amide bonds. The summed E-state index contributed by atoms with van der Waals surface area (Å²) in [4.78, 5) is 10.9. The second kappa shape index (κ2) is 2.04. The Bertz CT molecular complexity index is 151. The summed E-state index contributed by atoms with van der Waals surface area (Å²) in [6.45, 7) is 0. The summed E-state index contributed by atoms with van der Waals surface area (Å²) in [5.74, 6) is 0.457. The molecule has 0 aromatic carbocycles. The molecule has 2 aliphatic rings. The standard InChI is InChI=1S/C8H11FO/c9-8-5-1-2-6(8)4-7(10)3-5/h5-6,8H,1-4H2/t5-,6-/m0/s1. The third-order valence-electron chi connectivity index (χ3n) is 2.79. The average Bonchev–Trinajstić information content (AvgIpc) is 2.20. The van der Waals surface area contributed by atoms with Crippen molar-refractivity contribution in [1.29, 1.82) is 0 Å². The van der Waals surface area contributed by atoms with Gasteiger partial charge >= 0.3 is 0 Å². The minimum Gasteiger partial charge on any atom is -0.300 e. The number of Topliss-reactive ketones (excluding diaryl/α,β-unsaturated/α-hetero) is 1. The molecule has 0 spiro atoms. The highest BCUT2D eigenvalue weighted by atomic mass is 19.1. The summed E-state index contributed by atoms with van der Waals surface area (Å²) >= 11 is 0. The molecule has 10 heavy (non-hydrogen) atoms. The van der Waals surface area contributed by atoms with Gasteiger partial charge in [0.05, 0.1) is 0 Å². The Morgan fingerprint density at radius 1 is 1.20 bits per heavy atom. The number of hydrogen-bond donors (Lipinski definition) is 0. The summed E-state index contributed by atoms with van der Waals surface area (Å²) in [7, 11) is 0. The summed E-state index contributed by atoms with van der Waals surface area (Å²) in [5, 5.41) is 0. The zero-order chi connectivity index (χ0) is 7.14. The monoisotopic (exact) mass is 142 g/mol. The van der Waals surface area contributed by atoms with Crippen LogP contribution in [0.5, 0.6) is 0 Å². The van der Waals surface area contributed by atoms with Crippen molar-refractivity contribution in [2.75, 3.05) is 0 Å². The largest absolute Gasteiger partial charge is 0.300 e. The molecule has 1 nitrogen and oxygen atoms in total. The van der Waals surface area contributed by atoms with E-state index in [1.165, 1.54) is 0 Å². The van der Waals surface area contributed by atoms with E-state index in [4.69, 9.17) is 0 Å². The highest BCUT2D eigenvalue weighted by Crippen LogP contribution is 2.42. The first kappa shape index (κ1) is 6.32. The van der Waals surface area contributed by atoms with Crippen LogP contribution in [0, 0.1) is 11.8 Å². The number of carbonyl (C=O) groups excluding carboxylic acids is 1. The molecule has 0 aromatic rings. The second-order valence-electron chi connectivity index (χ2n) is 3.49. The smallest absolute Gasteiger partial charge is 0.133 e. The predicted octanol–water partition coefficient (Wildman–Crippen LogP) is 1.71. The van der Waals surface area contributed by atoms with Gasteiger partial charge in [0.1, 0.15) is 12.0 Å². The van der Waals surface area contributed by atoms with Crippen molar-refractivity contribution in [1.82, 2.24) is 0 Å². The molecule has 0 aliphatic heterocycles. The molecular weight excluding hydrogens is 131 g/mol. The van der Waals surface area contributed by atoms with E-state index in [0.29, 0.717) is 12.8 Å². The summed E-state index contributed by atoms with van der Waals surface area (Å²) < 4.78 is 13.1. The molecule has 0 aromatic heterocycles. The molecule has 0 N–H and O–H groups in total. The van der Waals surface area contributed by atoms with Gasteiger partial charge < -0.3 is 0 Å². The highest BCUT2D eigenvalue weighted by molar-refractivity contribution is 5.80. The maximum atomic E-state index is 13.1. The fraction of sp³-hybridized carbons (Fsp3) is 0.875.